The first-order valence-electron chi connectivity index (χ1n) is 23.8. The maximum atomic E-state index is 11.9. The van der Waals surface area contributed by atoms with E-state index >= 15 is 0 Å². The maximum Gasteiger partial charge on any atom is 0.261 e. The van der Waals surface area contributed by atoms with Gasteiger partial charge in [-0.1, -0.05) is 147 Å². The van der Waals surface area contributed by atoms with Crippen LogP contribution >= 0.6 is 0 Å². The normalized spacial score (nSPS) is 38.5. The van der Waals surface area contributed by atoms with Crippen LogP contribution in [0.5, 0.6) is 0 Å². The van der Waals surface area contributed by atoms with Crippen molar-refractivity contribution in [2.75, 3.05) is 6.61 Å². The van der Waals surface area contributed by atoms with Crippen LogP contribution in [-0.2, 0) is 23.4 Å². The number of ether oxygens (including phenoxy) is 4. The molecule has 6 aliphatic rings. The number of allylic oxidation sites excluding steroid dienone is 1. The van der Waals surface area contributed by atoms with Crippen LogP contribution in [-0.4, -0.2) is 62.6 Å². The van der Waals surface area contributed by atoms with E-state index in [2.05, 4.69) is 122 Å². The van der Waals surface area contributed by atoms with Gasteiger partial charge in [-0.05, 0) is 127 Å². The second kappa shape index (κ2) is 16.7. The van der Waals surface area contributed by atoms with Gasteiger partial charge in [0, 0.05) is 0 Å². The number of rotatable bonds is 12. The highest BCUT2D eigenvalue weighted by Gasteiger charge is 2.61. The molecule has 0 aromatic heterocycles. The van der Waals surface area contributed by atoms with Gasteiger partial charge in [-0.15, -0.1) is 0 Å². The molecular formula is C52H78O6Si. The predicted octanol–water partition coefficient (Wildman–Crippen LogP) is 10.6. The SMILES string of the molecule is CC(C)CCC[C@@H](C)[C@H]1CC[C@H]2[C@@H]3CC=C4C[C@@H](O[C@@H]5O[C@H](CO[Si](c6ccccc6)(c6ccccc6)C(C)(C)C)[C@@H]6OC(C)(C)O[C@@H]6[C@H]5O)CC[C@]4(C)[C@H]3CC[C@]12C. The van der Waals surface area contributed by atoms with Gasteiger partial charge in [-0.2, -0.15) is 0 Å². The van der Waals surface area contributed by atoms with Crippen LogP contribution in [0, 0.1) is 46.3 Å². The van der Waals surface area contributed by atoms with Crippen LogP contribution in [0.2, 0.25) is 5.04 Å². The molecule has 2 aromatic rings. The highest BCUT2D eigenvalue weighted by Crippen LogP contribution is 2.67. The van der Waals surface area contributed by atoms with Crippen LogP contribution in [0.1, 0.15) is 140 Å². The van der Waals surface area contributed by atoms with Crippen molar-refractivity contribution in [3.8, 4) is 0 Å². The molecule has 2 aromatic carbocycles. The molecular weight excluding hydrogens is 749 g/mol. The molecule has 13 atom stereocenters. The van der Waals surface area contributed by atoms with E-state index in [1.807, 2.05) is 13.8 Å². The molecule has 7 heteroatoms. The third kappa shape index (κ3) is 8.04. The summed E-state index contributed by atoms with van der Waals surface area (Å²) in [4.78, 5) is 0. The predicted molar refractivity (Wildman–Crippen MR) is 240 cm³/mol. The third-order valence-corrected chi connectivity index (χ3v) is 21.9. The topological polar surface area (TPSA) is 66.4 Å². The third-order valence-electron chi connectivity index (χ3n) is 16.9. The molecule has 1 N–H and O–H groups in total. The Morgan fingerprint density at radius 3 is 2.12 bits per heavy atom. The van der Waals surface area contributed by atoms with E-state index in [4.69, 9.17) is 23.4 Å². The molecule has 3 saturated carbocycles. The van der Waals surface area contributed by atoms with Crippen LogP contribution in [0.3, 0.4) is 0 Å². The summed E-state index contributed by atoms with van der Waals surface area (Å²) in [7, 11) is -2.86. The van der Waals surface area contributed by atoms with Crippen LogP contribution in [0.4, 0.5) is 0 Å². The van der Waals surface area contributed by atoms with Crippen LogP contribution < -0.4 is 10.4 Å². The van der Waals surface area contributed by atoms with Crippen LogP contribution in [0.25, 0.3) is 0 Å². The molecule has 0 amide bonds. The number of fused-ring (bicyclic) bond motifs is 6. The Bertz CT molecular complexity index is 1720. The summed E-state index contributed by atoms with van der Waals surface area (Å²) in [5.74, 6) is 4.06. The Labute approximate surface area is 358 Å². The summed E-state index contributed by atoms with van der Waals surface area (Å²) in [5.41, 5.74) is 2.30. The van der Waals surface area contributed by atoms with E-state index < -0.39 is 44.8 Å². The zero-order valence-corrected chi connectivity index (χ0v) is 39.3. The van der Waals surface area contributed by atoms with E-state index in [-0.39, 0.29) is 16.6 Å². The van der Waals surface area contributed by atoms with Gasteiger partial charge in [-0.25, -0.2) is 0 Å². The van der Waals surface area contributed by atoms with Gasteiger partial charge in [0.25, 0.3) is 8.32 Å². The molecule has 6 nitrogen and oxygen atoms in total. The molecule has 326 valence electrons. The zero-order chi connectivity index (χ0) is 42.0. The van der Waals surface area contributed by atoms with E-state index in [1.54, 1.807) is 5.57 Å². The molecule has 5 fully saturated rings. The number of aliphatic hydroxyl groups is 1. The average molecular weight is 827 g/mol. The number of benzene rings is 2. The zero-order valence-electron chi connectivity index (χ0n) is 38.3. The minimum Gasteiger partial charge on any atom is -0.405 e. The molecule has 59 heavy (non-hydrogen) atoms. The molecule has 8 rings (SSSR count). The molecule has 2 heterocycles. The second-order valence-corrected chi connectivity index (χ2v) is 26.7. The standard InChI is InChI=1S/C52H78O6Si/c1-34(2)18-17-19-35(3)41-26-27-42-40-25-24-36-32-37(28-30-51(36,9)43(40)29-31-52(41,42)10)55-48-45(53)47-46(57-50(7,8)58-47)44(56-48)33-54-59(49(4,5)6,38-20-13-11-14-21-38)39-22-15-12-16-23-39/h11-16,20-24,34-35,37,40-48,53H,17-19,25-33H2,1-10H3/t35-,37+,40+,41-,42+,43+,44-,45-,46+,47-,48-,51+,52-/m1/s1. The minimum atomic E-state index is -2.86. The lowest BCUT2D eigenvalue weighted by molar-refractivity contribution is -0.295. The van der Waals surface area contributed by atoms with Crippen molar-refractivity contribution in [3.63, 3.8) is 0 Å². The smallest absolute Gasteiger partial charge is 0.261 e. The minimum absolute atomic E-state index is 0.0212. The van der Waals surface area contributed by atoms with Gasteiger partial charge >= 0.3 is 0 Å². The van der Waals surface area contributed by atoms with Gasteiger partial charge in [-0.3, -0.25) is 0 Å². The fourth-order valence-electron chi connectivity index (χ4n) is 14.0. The van der Waals surface area contributed by atoms with Crippen molar-refractivity contribution in [2.24, 2.45) is 46.3 Å². The average Bonchev–Trinajstić information content (AvgIpc) is 3.73. The number of hydrogen-bond donors (Lipinski definition) is 1. The molecule has 0 bridgehead atoms. The van der Waals surface area contributed by atoms with Crippen molar-refractivity contribution in [1.82, 2.24) is 0 Å². The summed E-state index contributed by atoms with van der Waals surface area (Å²) in [6.07, 6.45) is 13.2. The summed E-state index contributed by atoms with van der Waals surface area (Å²) in [5, 5.41) is 14.2. The van der Waals surface area contributed by atoms with Crippen molar-refractivity contribution < 1.29 is 28.5 Å². The van der Waals surface area contributed by atoms with Gasteiger partial charge in [0.15, 0.2) is 12.1 Å². The Morgan fingerprint density at radius 2 is 1.47 bits per heavy atom. The Morgan fingerprint density at radius 1 is 0.814 bits per heavy atom. The van der Waals surface area contributed by atoms with E-state index in [0.29, 0.717) is 12.0 Å². The van der Waals surface area contributed by atoms with Gasteiger partial charge in [0.05, 0.1) is 12.7 Å². The lowest BCUT2D eigenvalue weighted by Gasteiger charge is -2.58. The van der Waals surface area contributed by atoms with Crippen molar-refractivity contribution in [3.05, 3.63) is 72.3 Å². The van der Waals surface area contributed by atoms with Gasteiger partial charge in [0.1, 0.15) is 24.4 Å². The molecule has 0 radical (unpaired) electrons. The first kappa shape index (κ1) is 43.8. The summed E-state index contributed by atoms with van der Waals surface area (Å²) in [6, 6.07) is 21.5. The second-order valence-electron chi connectivity index (χ2n) is 22.4. The van der Waals surface area contributed by atoms with Gasteiger partial charge < -0.3 is 28.5 Å². The lowest BCUT2D eigenvalue weighted by Crippen LogP contribution is -2.68. The molecule has 4 aliphatic carbocycles. The monoisotopic (exact) mass is 827 g/mol. The molecule has 2 saturated heterocycles. The van der Waals surface area contributed by atoms with Crippen molar-refractivity contribution in [2.45, 2.75) is 188 Å². The highest BCUT2D eigenvalue weighted by atomic mass is 28.4. The van der Waals surface area contributed by atoms with E-state index in [9.17, 15) is 5.11 Å². The summed E-state index contributed by atoms with van der Waals surface area (Å²) < 4.78 is 34.2. The lowest BCUT2D eigenvalue weighted by atomic mass is 9.47. The fraction of sp³-hybridized carbons (Fsp3) is 0.731. The van der Waals surface area contributed by atoms with Crippen molar-refractivity contribution >= 4 is 18.7 Å². The van der Waals surface area contributed by atoms with E-state index in [1.165, 1.54) is 61.7 Å². The number of hydrogen-bond acceptors (Lipinski definition) is 6. The molecule has 0 unspecified atom stereocenters. The first-order chi connectivity index (χ1) is 28.0. The highest BCUT2D eigenvalue weighted by molar-refractivity contribution is 6.99. The van der Waals surface area contributed by atoms with E-state index in [0.717, 1.165) is 54.8 Å². The van der Waals surface area contributed by atoms with Crippen LogP contribution in [0.15, 0.2) is 72.3 Å². The Balaban J connectivity index is 0.981. The maximum absolute atomic E-state index is 11.9. The molecule has 2 aliphatic heterocycles. The first-order valence-corrected chi connectivity index (χ1v) is 25.7. The summed E-state index contributed by atoms with van der Waals surface area (Å²) >= 11 is 0. The fourth-order valence-corrected chi connectivity index (χ4v) is 18.6. The summed E-state index contributed by atoms with van der Waals surface area (Å²) in [6.45, 7) is 23.6. The quantitative estimate of drug-likeness (QED) is 0.170. The molecule has 0 spiro atoms. The van der Waals surface area contributed by atoms with Crippen molar-refractivity contribution in [1.29, 1.82) is 0 Å². The largest absolute Gasteiger partial charge is 0.405 e. The number of aliphatic hydroxyl groups excluding tert-OH is 1. The Kier molecular flexibility index (Phi) is 12.4. The van der Waals surface area contributed by atoms with Gasteiger partial charge in [0.2, 0.25) is 0 Å². The Hall–Kier alpha value is -1.84.